The normalized spacial score (nSPS) is 17.5. The van der Waals surface area contributed by atoms with Gasteiger partial charge in [-0.05, 0) is 36.1 Å². The standard InChI is InChI=1S/C20H20FNO3S/c21-18-12-16(15-5-3-4-14-7-11-26-20(14)15)17(13-22-18)23-9-10-25-19-6-1-2-8-24-19/h3-5,7,11-13,19H,1-2,6,8-10H2. The molecule has 0 aliphatic carbocycles. The molecule has 0 spiro atoms. The SMILES string of the molecule is Fc1cc(-c2cccc3ccsc23)c(OCCOC2CCCCO2)cn1. The molecule has 1 unspecified atom stereocenters. The van der Waals surface area contributed by atoms with E-state index in [0.717, 1.165) is 41.5 Å². The first-order valence-electron chi connectivity index (χ1n) is 8.79. The molecule has 0 amide bonds. The molecule has 4 nitrogen and oxygen atoms in total. The van der Waals surface area contributed by atoms with Gasteiger partial charge in [-0.2, -0.15) is 4.39 Å². The van der Waals surface area contributed by atoms with Gasteiger partial charge in [0.15, 0.2) is 6.29 Å². The molecule has 1 atom stereocenters. The summed E-state index contributed by atoms with van der Waals surface area (Å²) in [6, 6.07) is 9.48. The van der Waals surface area contributed by atoms with Crippen LogP contribution < -0.4 is 4.74 Å². The Kier molecular flexibility index (Phi) is 5.43. The molecule has 4 rings (SSSR count). The minimum atomic E-state index is -0.521. The van der Waals surface area contributed by atoms with E-state index in [0.29, 0.717) is 24.5 Å². The molecule has 1 fully saturated rings. The van der Waals surface area contributed by atoms with E-state index in [2.05, 4.69) is 11.1 Å². The van der Waals surface area contributed by atoms with Gasteiger partial charge in [-0.25, -0.2) is 4.98 Å². The number of halogens is 1. The largest absolute Gasteiger partial charge is 0.489 e. The lowest BCUT2D eigenvalue weighted by atomic mass is 10.0. The van der Waals surface area contributed by atoms with Gasteiger partial charge in [0.05, 0.1) is 12.8 Å². The van der Waals surface area contributed by atoms with Crippen molar-refractivity contribution in [2.24, 2.45) is 0 Å². The highest BCUT2D eigenvalue weighted by molar-refractivity contribution is 7.17. The number of pyridine rings is 1. The van der Waals surface area contributed by atoms with Crippen molar-refractivity contribution in [2.45, 2.75) is 25.6 Å². The summed E-state index contributed by atoms with van der Waals surface area (Å²) < 4.78 is 32.0. The van der Waals surface area contributed by atoms with Crippen molar-refractivity contribution in [1.29, 1.82) is 0 Å². The number of hydrogen-bond acceptors (Lipinski definition) is 5. The van der Waals surface area contributed by atoms with Gasteiger partial charge in [-0.1, -0.05) is 18.2 Å². The van der Waals surface area contributed by atoms with Gasteiger partial charge in [0.2, 0.25) is 5.95 Å². The minimum Gasteiger partial charge on any atom is -0.489 e. The fourth-order valence-electron chi connectivity index (χ4n) is 3.12. The van der Waals surface area contributed by atoms with Gasteiger partial charge in [0, 0.05) is 28.5 Å². The molecule has 3 heterocycles. The van der Waals surface area contributed by atoms with Crippen molar-refractivity contribution >= 4 is 21.4 Å². The van der Waals surface area contributed by atoms with E-state index < -0.39 is 5.95 Å². The molecule has 3 aromatic rings. The third-order valence-electron chi connectivity index (χ3n) is 4.39. The molecule has 1 aliphatic rings. The molecule has 2 aromatic heterocycles. The van der Waals surface area contributed by atoms with Crippen LogP contribution in [0.25, 0.3) is 21.2 Å². The summed E-state index contributed by atoms with van der Waals surface area (Å²) in [5.41, 5.74) is 1.66. The number of hydrogen-bond donors (Lipinski definition) is 0. The first kappa shape index (κ1) is 17.4. The van der Waals surface area contributed by atoms with Crippen LogP contribution in [0.1, 0.15) is 19.3 Å². The van der Waals surface area contributed by atoms with Crippen LogP contribution in [0.5, 0.6) is 5.75 Å². The lowest BCUT2D eigenvalue weighted by Gasteiger charge is -2.22. The van der Waals surface area contributed by atoms with E-state index in [9.17, 15) is 4.39 Å². The molecule has 0 saturated carbocycles. The Morgan fingerprint density at radius 1 is 1.19 bits per heavy atom. The van der Waals surface area contributed by atoms with Crippen molar-refractivity contribution in [2.75, 3.05) is 19.8 Å². The number of thiophene rings is 1. The van der Waals surface area contributed by atoms with Crippen molar-refractivity contribution in [1.82, 2.24) is 4.98 Å². The van der Waals surface area contributed by atoms with Gasteiger partial charge >= 0.3 is 0 Å². The molecule has 0 radical (unpaired) electrons. The van der Waals surface area contributed by atoms with Crippen molar-refractivity contribution < 1.29 is 18.6 Å². The Bertz CT molecular complexity index is 876. The van der Waals surface area contributed by atoms with Crippen molar-refractivity contribution in [3.63, 3.8) is 0 Å². The van der Waals surface area contributed by atoms with Crippen LogP contribution in [0.4, 0.5) is 4.39 Å². The van der Waals surface area contributed by atoms with Gasteiger partial charge in [0.1, 0.15) is 12.4 Å². The predicted molar refractivity (Wildman–Crippen MR) is 100 cm³/mol. The number of fused-ring (bicyclic) bond motifs is 1. The Labute approximate surface area is 155 Å². The highest BCUT2D eigenvalue weighted by atomic mass is 32.1. The molecule has 1 aliphatic heterocycles. The van der Waals surface area contributed by atoms with Crippen LogP contribution in [-0.2, 0) is 9.47 Å². The summed E-state index contributed by atoms with van der Waals surface area (Å²) in [5.74, 6) is 0.0354. The first-order chi connectivity index (χ1) is 12.8. The Morgan fingerprint density at radius 2 is 2.15 bits per heavy atom. The predicted octanol–water partition coefficient (Wildman–Crippen LogP) is 5.02. The molecule has 26 heavy (non-hydrogen) atoms. The van der Waals surface area contributed by atoms with Gasteiger partial charge < -0.3 is 14.2 Å². The average molecular weight is 373 g/mol. The zero-order valence-corrected chi connectivity index (χ0v) is 15.1. The summed E-state index contributed by atoms with van der Waals surface area (Å²) in [4.78, 5) is 3.75. The summed E-state index contributed by atoms with van der Waals surface area (Å²) in [6.45, 7) is 1.54. The molecular formula is C20H20FNO3S. The van der Waals surface area contributed by atoms with Gasteiger partial charge in [0.25, 0.3) is 0 Å². The zero-order chi connectivity index (χ0) is 17.8. The molecule has 0 bridgehead atoms. The third kappa shape index (κ3) is 3.87. The second-order valence-corrected chi connectivity index (χ2v) is 7.08. The van der Waals surface area contributed by atoms with Crippen LogP contribution in [0.2, 0.25) is 0 Å². The number of nitrogens with zero attached hydrogens (tertiary/aromatic N) is 1. The topological polar surface area (TPSA) is 40.6 Å². The lowest BCUT2D eigenvalue weighted by Crippen LogP contribution is -2.24. The number of ether oxygens (including phenoxy) is 3. The molecule has 1 aromatic carbocycles. The van der Waals surface area contributed by atoms with E-state index >= 15 is 0 Å². The molecule has 6 heteroatoms. The fourth-order valence-corrected chi connectivity index (χ4v) is 4.05. The highest BCUT2D eigenvalue weighted by Crippen LogP contribution is 2.37. The Hall–Kier alpha value is -2.02. The van der Waals surface area contributed by atoms with E-state index in [4.69, 9.17) is 14.2 Å². The number of benzene rings is 1. The smallest absolute Gasteiger partial charge is 0.213 e. The van der Waals surface area contributed by atoms with E-state index in [1.54, 1.807) is 11.3 Å². The van der Waals surface area contributed by atoms with E-state index in [-0.39, 0.29) is 6.29 Å². The lowest BCUT2D eigenvalue weighted by molar-refractivity contribution is -0.165. The van der Waals surface area contributed by atoms with Crippen LogP contribution in [-0.4, -0.2) is 31.1 Å². The molecular weight excluding hydrogens is 353 g/mol. The van der Waals surface area contributed by atoms with Crippen LogP contribution >= 0.6 is 11.3 Å². The van der Waals surface area contributed by atoms with Crippen LogP contribution in [0.15, 0.2) is 41.9 Å². The zero-order valence-electron chi connectivity index (χ0n) is 14.3. The number of aromatic nitrogens is 1. The monoisotopic (exact) mass is 373 g/mol. The van der Waals surface area contributed by atoms with Crippen LogP contribution in [0.3, 0.4) is 0 Å². The van der Waals surface area contributed by atoms with E-state index in [1.807, 2.05) is 23.6 Å². The summed E-state index contributed by atoms with van der Waals surface area (Å²) >= 11 is 1.63. The molecule has 1 saturated heterocycles. The second kappa shape index (κ2) is 8.12. The first-order valence-corrected chi connectivity index (χ1v) is 9.67. The van der Waals surface area contributed by atoms with Crippen LogP contribution in [0, 0.1) is 5.95 Å². The summed E-state index contributed by atoms with van der Waals surface area (Å²) in [7, 11) is 0. The maximum Gasteiger partial charge on any atom is 0.213 e. The Balaban J connectivity index is 1.49. The van der Waals surface area contributed by atoms with Gasteiger partial charge in [-0.3, -0.25) is 0 Å². The quantitative estimate of drug-likeness (QED) is 0.449. The Morgan fingerprint density at radius 3 is 3.04 bits per heavy atom. The van der Waals surface area contributed by atoms with E-state index in [1.165, 1.54) is 12.3 Å². The van der Waals surface area contributed by atoms with Crippen molar-refractivity contribution in [3.05, 3.63) is 47.9 Å². The maximum absolute atomic E-state index is 13.8. The fraction of sp³-hybridized carbons (Fsp3) is 0.350. The number of rotatable bonds is 6. The summed E-state index contributed by atoms with van der Waals surface area (Å²) in [6.07, 6.45) is 4.44. The summed E-state index contributed by atoms with van der Waals surface area (Å²) in [5, 5.41) is 3.16. The highest BCUT2D eigenvalue weighted by Gasteiger charge is 2.15. The molecule has 136 valence electrons. The average Bonchev–Trinajstić information content (AvgIpc) is 3.16. The maximum atomic E-state index is 13.8. The molecule has 0 N–H and O–H groups in total. The second-order valence-electron chi connectivity index (χ2n) is 6.16. The third-order valence-corrected chi connectivity index (χ3v) is 5.35. The van der Waals surface area contributed by atoms with Gasteiger partial charge in [-0.15, -0.1) is 11.3 Å². The van der Waals surface area contributed by atoms with Crippen molar-refractivity contribution in [3.8, 4) is 16.9 Å². The minimum absolute atomic E-state index is 0.141.